The first kappa shape index (κ1) is 14.2. The van der Waals surface area contributed by atoms with Gasteiger partial charge in [-0.3, -0.25) is 0 Å². The molecule has 20 heavy (non-hydrogen) atoms. The van der Waals surface area contributed by atoms with E-state index in [1.54, 1.807) is 24.3 Å². The van der Waals surface area contributed by atoms with Gasteiger partial charge in [0.1, 0.15) is 11.5 Å². The second-order valence-corrected chi connectivity index (χ2v) is 4.67. The molecule has 0 aliphatic carbocycles. The fraction of sp³-hybridized carbons (Fsp3) is 0.133. The zero-order chi connectivity index (χ0) is 14.9. The lowest BCUT2D eigenvalue weighted by atomic mass is 10.0. The van der Waals surface area contributed by atoms with E-state index in [-0.39, 0.29) is 16.3 Å². The number of ether oxygens (including phenoxy) is 1. The molecule has 0 spiro atoms. The van der Waals surface area contributed by atoms with Crippen molar-refractivity contribution in [2.45, 2.75) is 6.92 Å². The molecule has 0 radical (unpaired) electrons. The second kappa shape index (κ2) is 5.43. The van der Waals surface area contributed by atoms with E-state index in [1.165, 1.54) is 20.1 Å². The minimum absolute atomic E-state index is 0.0705. The number of halogens is 1. The van der Waals surface area contributed by atoms with E-state index in [0.29, 0.717) is 22.1 Å². The number of rotatable bonds is 3. The zero-order valence-electron chi connectivity index (χ0n) is 11.0. The number of carbonyl (C=O) groups is 1. The first-order valence-corrected chi connectivity index (χ1v) is 6.24. The van der Waals surface area contributed by atoms with Gasteiger partial charge in [-0.05, 0) is 13.0 Å². The molecule has 0 heterocycles. The highest BCUT2D eigenvalue weighted by molar-refractivity contribution is 6.35. The van der Waals surface area contributed by atoms with Crippen molar-refractivity contribution < 1.29 is 19.7 Å². The van der Waals surface area contributed by atoms with Gasteiger partial charge in [0.2, 0.25) is 0 Å². The fourth-order valence-corrected chi connectivity index (χ4v) is 2.25. The maximum absolute atomic E-state index is 10.9. The standard InChI is InChI=1S/C15H13ClO4/c1-8(15(18)19)7-11-12(16)13(17)9-5-3-4-6-10(9)14(11)20-2/h3-7,17H,1-2H3,(H,18,19). The van der Waals surface area contributed by atoms with E-state index in [2.05, 4.69) is 0 Å². The Labute approximate surface area is 120 Å². The summed E-state index contributed by atoms with van der Waals surface area (Å²) < 4.78 is 5.34. The average Bonchev–Trinajstić information content (AvgIpc) is 2.44. The SMILES string of the molecule is COc1c(C=C(C)C(=O)O)c(Cl)c(O)c2ccccc12. The van der Waals surface area contributed by atoms with E-state index >= 15 is 0 Å². The van der Waals surface area contributed by atoms with Crippen molar-refractivity contribution in [3.63, 3.8) is 0 Å². The maximum atomic E-state index is 10.9. The van der Waals surface area contributed by atoms with Crippen LogP contribution in [-0.2, 0) is 4.79 Å². The van der Waals surface area contributed by atoms with Crippen molar-refractivity contribution >= 4 is 34.4 Å². The Kier molecular flexibility index (Phi) is 3.86. The molecule has 0 saturated carbocycles. The summed E-state index contributed by atoms with van der Waals surface area (Å²) >= 11 is 6.14. The fourth-order valence-electron chi connectivity index (χ4n) is 2.01. The Morgan fingerprint density at radius 1 is 1.30 bits per heavy atom. The van der Waals surface area contributed by atoms with E-state index in [0.717, 1.165) is 0 Å². The van der Waals surface area contributed by atoms with Crippen LogP contribution < -0.4 is 4.74 Å². The second-order valence-electron chi connectivity index (χ2n) is 4.29. The number of phenolic OH excluding ortho intramolecular Hbond substituents is 1. The third-order valence-corrected chi connectivity index (χ3v) is 3.40. The van der Waals surface area contributed by atoms with Crippen LogP contribution in [-0.4, -0.2) is 23.3 Å². The molecule has 4 nitrogen and oxygen atoms in total. The lowest BCUT2D eigenvalue weighted by Gasteiger charge is -2.13. The molecular formula is C15H13ClO4. The first-order valence-electron chi connectivity index (χ1n) is 5.86. The summed E-state index contributed by atoms with van der Waals surface area (Å²) in [6.45, 7) is 1.45. The van der Waals surface area contributed by atoms with Gasteiger partial charge < -0.3 is 14.9 Å². The van der Waals surface area contributed by atoms with E-state index in [4.69, 9.17) is 21.4 Å². The molecule has 0 saturated heterocycles. The predicted octanol–water partition coefficient (Wildman–Crippen LogP) is 3.70. The van der Waals surface area contributed by atoms with Gasteiger partial charge in [0.15, 0.2) is 0 Å². The van der Waals surface area contributed by atoms with Crippen LogP contribution in [0.25, 0.3) is 16.8 Å². The molecular weight excluding hydrogens is 280 g/mol. The summed E-state index contributed by atoms with van der Waals surface area (Å²) in [7, 11) is 1.47. The van der Waals surface area contributed by atoms with Crippen molar-refractivity contribution in [3.8, 4) is 11.5 Å². The lowest BCUT2D eigenvalue weighted by molar-refractivity contribution is -0.132. The van der Waals surface area contributed by atoms with Crippen molar-refractivity contribution in [1.82, 2.24) is 0 Å². The van der Waals surface area contributed by atoms with Gasteiger partial charge in [0, 0.05) is 21.9 Å². The Morgan fingerprint density at radius 2 is 1.90 bits per heavy atom. The number of carboxylic acid groups (broad SMARTS) is 1. The van der Waals surface area contributed by atoms with E-state index < -0.39 is 5.97 Å². The molecule has 0 amide bonds. The highest BCUT2D eigenvalue weighted by Crippen LogP contribution is 2.43. The van der Waals surface area contributed by atoms with Gasteiger partial charge in [0.05, 0.1) is 12.1 Å². The summed E-state index contributed by atoms with van der Waals surface area (Å²) in [5.74, 6) is -0.715. The van der Waals surface area contributed by atoms with Gasteiger partial charge in [0.25, 0.3) is 0 Å². The van der Waals surface area contributed by atoms with E-state index in [9.17, 15) is 9.90 Å². The quantitative estimate of drug-likeness (QED) is 0.847. The molecule has 2 aromatic rings. The highest BCUT2D eigenvalue weighted by Gasteiger charge is 2.17. The smallest absolute Gasteiger partial charge is 0.331 e. The molecule has 2 aromatic carbocycles. The van der Waals surface area contributed by atoms with Crippen LogP contribution in [0.3, 0.4) is 0 Å². The maximum Gasteiger partial charge on any atom is 0.331 e. The summed E-state index contributed by atoms with van der Waals surface area (Å²) in [5.41, 5.74) is 0.449. The largest absolute Gasteiger partial charge is 0.506 e. The van der Waals surface area contributed by atoms with Crippen LogP contribution in [0.1, 0.15) is 12.5 Å². The Hall–Kier alpha value is -2.20. The topological polar surface area (TPSA) is 66.8 Å². The number of hydrogen-bond acceptors (Lipinski definition) is 3. The molecule has 0 fully saturated rings. The van der Waals surface area contributed by atoms with Crippen LogP contribution in [0.5, 0.6) is 11.5 Å². The molecule has 0 aromatic heterocycles. The number of aliphatic carboxylic acids is 1. The Balaban J connectivity index is 2.87. The minimum atomic E-state index is -1.06. The van der Waals surface area contributed by atoms with Gasteiger partial charge >= 0.3 is 5.97 Å². The number of fused-ring (bicyclic) bond motifs is 1. The van der Waals surface area contributed by atoms with E-state index in [1.807, 2.05) is 0 Å². The van der Waals surface area contributed by atoms with Crippen LogP contribution in [0.15, 0.2) is 29.8 Å². The monoisotopic (exact) mass is 292 g/mol. The molecule has 2 rings (SSSR count). The van der Waals surface area contributed by atoms with Crippen LogP contribution in [0.4, 0.5) is 0 Å². The molecule has 0 unspecified atom stereocenters. The number of carboxylic acids is 1. The van der Waals surface area contributed by atoms with Gasteiger partial charge in [-0.1, -0.05) is 35.9 Å². The third kappa shape index (κ3) is 2.30. The molecule has 104 valence electrons. The first-order chi connectivity index (χ1) is 9.47. The predicted molar refractivity (Wildman–Crippen MR) is 78.5 cm³/mol. The lowest BCUT2D eigenvalue weighted by Crippen LogP contribution is -1.97. The molecule has 0 aliphatic rings. The van der Waals surface area contributed by atoms with Gasteiger partial charge in [-0.2, -0.15) is 0 Å². The van der Waals surface area contributed by atoms with Crippen LogP contribution in [0, 0.1) is 0 Å². The number of phenols is 1. The van der Waals surface area contributed by atoms with Crippen LogP contribution >= 0.6 is 11.6 Å². The number of methoxy groups -OCH3 is 1. The average molecular weight is 293 g/mol. The summed E-state index contributed by atoms with van der Waals surface area (Å²) in [4.78, 5) is 10.9. The van der Waals surface area contributed by atoms with Gasteiger partial charge in [-0.15, -0.1) is 0 Å². The van der Waals surface area contributed by atoms with Gasteiger partial charge in [-0.25, -0.2) is 4.79 Å². The molecule has 5 heteroatoms. The van der Waals surface area contributed by atoms with Crippen molar-refractivity contribution in [2.75, 3.05) is 7.11 Å². The Bertz CT molecular complexity index is 719. The van der Waals surface area contributed by atoms with Crippen molar-refractivity contribution in [3.05, 3.63) is 40.4 Å². The number of hydrogen-bond donors (Lipinski definition) is 2. The zero-order valence-corrected chi connectivity index (χ0v) is 11.7. The molecule has 0 bridgehead atoms. The van der Waals surface area contributed by atoms with Crippen molar-refractivity contribution in [2.24, 2.45) is 0 Å². The summed E-state index contributed by atoms with van der Waals surface area (Å²) in [6.07, 6.45) is 1.38. The third-order valence-electron chi connectivity index (χ3n) is 3.02. The highest BCUT2D eigenvalue weighted by atomic mass is 35.5. The molecule has 0 aliphatic heterocycles. The normalized spacial score (nSPS) is 11.7. The molecule has 0 atom stereocenters. The Morgan fingerprint density at radius 3 is 2.45 bits per heavy atom. The number of aromatic hydroxyl groups is 1. The number of benzene rings is 2. The summed E-state index contributed by atoms with van der Waals surface area (Å²) in [5, 5.41) is 20.4. The summed E-state index contributed by atoms with van der Waals surface area (Å²) in [6, 6.07) is 7.07. The minimum Gasteiger partial charge on any atom is -0.506 e. The van der Waals surface area contributed by atoms with Crippen molar-refractivity contribution in [1.29, 1.82) is 0 Å². The molecule has 2 N–H and O–H groups in total. The van der Waals surface area contributed by atoms with Crippen LogP contribution in [0.2, 0.25) is 5.02 Å².